The zero-order valence-corrected chi connectivity index (χ0v) is 17.9. The van der Waals surface area contributed by atoms with Crippen molar-refractivity contribution in [2.75, 3.05) is 13.2 Å². The molecule has 0 atom stereocenters. The largest absolute Gasteiger partial charge is 0.462 e. The second-order valence-corrected chi connectivity index (χ2v) is 8.44. The summed E-state index contributed by atoms with van der Waals surface area (Å²) in [5, 5.41) is 1.60. The Hall–Kier alpha value is -3.05. The number of carbonyl (C=O) groups excluding carboxylic acids is 2. The second-order valence-electron chi connectivity index (χ2n) is 8.01. The molecule has 0 unspecified atom stereocenters. The summed E-state index contributed by atoms with van der Waals surface area (Å²) in [6.07, 6.45) is 1.61. The van der Waals surface area contributed by atoms with Crippen molar-refractivity contribution in [2.45, 2.75) is 26.2 Å². The van der Waals surface area contributed by atoms with E-state index in [9.17, 15) is 9.59 Å². The van der Waals surface area contributed by atoms with E-state index in [0.717, 1.165) is 16.5 Å². The zero-order chi connectivity index (χ0) is 21.5. The minimum atomic E-state index is -0.461. The molecule has 3 aromatic rings. The molecule has 154 valence electrons. The van der Waals surface area contributed by atoms with Gasteiger partial charge in [0.05, 0.1) is 17.9 Å². The lowest BCUT2D eigenvalue weighted by molar-refractivity contribution is -0.136. The van der Waals surface area contributed by atoms with Gasteiger partial charge in [-0.15, -0.1) is 0 Å². The molecule has 0 aliphatic carbocycles. The standard InChI is InChI=1S/C24H23ClN2O3/c1-4-30-23(29)18-13-27(22(28)15-9-11-16(25)12-10-15)14-24(2,3)20-17-7-5-6-8-19(17)26-21(18)20/h5-13,26H,4,14H2,1-3H3. The molecular formula is C24H23ClN2O3. The number of para-hydroxylation sites is 1. The average Bonchev–Trinajstić information content (AvgIpc) is 3.06. The van der Waals surface area contributed by atoms with Crippen molar-refractivity contribution in [3.63, 3.8) is 0 Å². The maximum atomic E-state index is 13.3. The van der Waals surface area contributed by atoms with Gasteiger partial charge in [0.1, 0.15) is 0 Å². The van der Waals surface area contributed by atoms with Crippen LogP contribution in [0.3, 0.4) is 0 Å². The highest BCUT2D eigenvalue weighted by Crippen LogP contribution is 2.40. The number of aromatic nitrogens is 1. The summed E-state index contributed by atoms with van der Waals surface area (Å²) in [6, 6.07) is 14.7. The molecule has 30 heavy (non-hydrogen) atoms. The molecule has 0 bridgehead atoms. The highest BCUT2D eigenvalue weighted by molar-refractivity contribution is 6.30. The summed E-state index contributed by atoms with van der Waals surface area (Å²) in [5.74, 6) is -0.659. The van der Waals surface area contributed by atoms with Crippen LogP contribution in [0.15, 0.2) is 54.7 Å². The van der Waals surface area contributed by atoms with Crippen molar-refractivity contribution in [1.82, 2.24) is 9.88 Å². The van der Waals surface area contributed by atoms with Gasteiger partial charge in [0, 0.05) is 39.6 Å². The fourth-order valence-electron chi connectivity index (χ4n) is 4.07. The van der Waals surface area contributed by atoms with Crippen molar-refractivity contribution in [2.24, 2.45) is 0 Å². The molecule has 4 rings (SSSR count). The molecule has 1 amide bonds. The number of nitrogens with one attached hydrogen (secondary N) is 1. The van der Waals surface area contributed by atoms with E-state index < -0.39 is 11.4 Å². The van der Waals surface area contributed by atoms with Gasteiger partial charge in [-0.2, -0.15) is 0 Å². The third kappa shape index (κ3) is 3.50. The summed E-state index contributed by atoms with van der Waals surface area (Å²) < 4.78 is 5.32. The van der Waals surface area contributed by atoms with E-state index in [4.69, 9.17) is 16.3 Å². The van der Waals surface area contributed by atoms with E-state index in [2.05, 4.69) is 18.8 Å². The lowest BCUT2D eigenvalue weighted by atomic mass is 9.81. The maximum absolute atomic E-state index is 13.3. The van der Waals surface area contributed by atoms with Crippen molar-refractivity contribution in [3.8, 4) is 0 Å². The summed E-state index contributed by atoms with van der Waals surface area (Å²) in [6.45, 7) is 6.58. The minimum absolute atomic E-state index is 0.198. The van der Waals surface area contributed by atoms with Crippen LogP contribution >= 0.6 is 11.6 Å². The van der Waals surface area contributed by atoms with Gasteiger partial charge in [0.2, 0.25) is 0 Å². The van der Waals surface area contributed by atoms with Crippen LogP contribution in [0.5, 0.6) is 0 Å². The SMILES string of the molecule is CCOC(=O)C1=CN(C(=O)c2ccc(Cl)cc2)CC(C)(C)c2c1[nH]c1ccccc21. The number of rotatable bonds is 3. The Kier molecular flexibility index (Phi) is 5.16. The topological polar surface area (TPSA) is 62.4 Å². The van der Waals surface area contributed by atoms with Crippen LogP contribution in [-0.2, 0) is 14.9 Å². The number of fused-ring (bicyclic) bond motifs is 3. The highest BCUT2D eigenvalue weighted by Gasteiger charge is 2.37. The highest BCUT2D eigenvalue weighted by atomic mass is 35.5. The maximum Gasteiger partial charge on any atom is 0.341 e. The number of benzene rings is 2. The monoisotopic (exact) mass is 422 g/mol. The van der Waals surface area contributed by atoms with Gasteiger partial charge in [0.25, 0.3) is 5.91 Å². The first kappa shape index (κ1) is 20.2. The van der Waals surface area contributed by atoms with Crippen LogP contribution in [0, 0.1) is 0 Å². The number of nitrogens with zero attached hydrogens (tertiary/aromatic N) is 1. The van der Waals surface area contributed by atoms with Crippen molar-refractivity contribution in [3.05, 3.63) is 76.6 Å². The number of aromatic amines is 1. The van der Waals surface area contributed by atoms with E-state index in [0.29, 0.717) is 28.4 Å². The first-order chi connectivity index (χ1) is 14.3. The summed E-state index contributed by atoms with van der Waals surface area (Å²) in [4.78, 5) is 31.2. The molecule has 6 heteroatoms. The molecule has 0 radical (unpaired) electrons. The van der Waals surface area contributed by atoms with Gasteiger partial charge in [0.15, 0.2) is 0 Å². The minimum Gasteiger partial charge on any atom is -0.462 e. The predicted octanol–water partition coefficient (Wildman–Crippen LogP) is 5.16. The molecule has 0 saturated heterocycles. The van der Waals surface area contributed by atoms with E-state index >= 15 is 0 Å². The number of hydrogen-bond donors (Lipinski definition) is 1. The first-order valence-corrected chi connectivity index (χ1v) is 10.3. The van der Waals surface area contributed by atoms with Gasteiger partial charge in [-0.25, -0.2) is 4.79 Å². The Morgan fingerprint density at radius 2 is 1.83 bits per heavy atom. The molecule has 0 fully saturated rings. The van der Waals surface area contributed by atoms with Gasteiger partial charge in [-0.1, -0.05) is 43.6 Å². The molecular weight excluding hydrogens is 400 g/mol. The van der Waals surface area contributed by atoms with E-state index in [1.54, 1.807) is 42.3 Å². The average molecular weight is 423 g/mol. The number of ether oxygens (including phenoxy) is 1. The number of halogens is 1. The zero-order valence-electron chi connectivity index (χ0n) is 17.2. The number of H-pyrrole nitrogens is 1. The van der Waals surface area contributed by atoms with E-state index in [1.807, 2.05) is 24.3 Å². The Balaban J connectivity index is 1.89. The lowest BCUT2D eigenvalue weighted by Gasteiger charge is -2.29. The Morgan fingerprint density at radius 1 is 1.13 bits per heavy atom. The molecule has 1 aliphatic rings. The van der Waals surface area contributed by atoms with Gasteiger partial charge in [-0.3, -0.25) is 4.79 Å². The molecule has 2 heterocycles. The van der Waals surface area contributed by atoms with Crippen LogP contribution in [-0.4, -0.2) is 34.9 Å². The molecule has 1 aliphatic heterocycles. The second kappa shape index (κ2) is 7.65. The molecule has 1 aromatic heterocycles. The van der Waals surface area contributed by atoms with Crippen molar-refractivity contribution < 1.29 is 14.3 Å². The van der Waals surface area contributed by atoms with E-state index in [1.165, 1.54) is 0 Å². The number of amides is 1. The summed E-state index contributed by atoms with van der Waals surface area (Å²) >= 11 is 5.97. The third-order valence-electron chi connectivity index (χ3n) is 5.35. The number of hydrogen-bond acceptors (Lipinski definition) is 3. The summed E-state index contributed by atoms with van der Waals surface area (Å²) in [5.41, 5.74) is 3.08. The quantitative estimate of drug-likeness (QED) is 0.593. The molecule has 0 spiro atoms. The fraction of sp³-hybridized carbons (Fsp3) is 0.250. The normalized spacial score (nSPS) is 15.3. The van der Waals surface area contributed by atoms with Gasteiger partial charge >= 0.3 is 5.97 Å². The van der Waals surface area contributed by atoms with Crippen LogP contribution in [0.4, 0.5) is 0 Å². The Bertz CT molecular complexity index is 1160. The number of carbonyl (C=O) groups is 2. The van der Waals surface area contributed by atoms with Gasteiger partial charge < -0.3 is 14.6 Å². The van der Waals surface area contributed by atoms with Crippen LogP contribution < -0.4 is 0 Å². The first-order valence-electron chi connectivity index (χ1n) is 9.89. The smallest absolute Gasteiger partial charge is 0.341 e. The lowest BCUT2D eigenvalue weighted by Crippen LogP contribution is -2.36. The molecule has 2 aromatic carbocycles. The molecule has 1 N–H and O–H groups in total. The number of esters is 1. The Morgan fingerprint density at radius 3 is 2.53 bits per heavy atom. The molecule has 0 saturated carbocycles. The molecule has 5 nitrogen and oxygen atoms in total. The third-order valence-corrected chi connectivity index (χ3v) is 5.60. The van der Waals surface area contributed by atoms with Crippen molar-refractivity contribution in [1.29, 1.82) is 0 Å². The van der Waals surface area contributed by atoms with Crippen LogP contribution in [0.25, 0.3) is 16.5 Å². The van der Waals surface area contributed by atoms with Crippen LogP contribution in [0.1, 0.15) is 42.4 Å². The van der Waals surface area contributed by atoms with Crippen molar-refractivity contribution >= 4 is 40.0 Å². The fourth-order valence-corrected chi connectivity index (χ4v) is 4.20. The van der Waals surface area contributed by atoms with Crippen LogP contribution in [0.2, 0.25) is 5.02 Å². The van der Waals surface area contributed by atoms with E-state index in [-0.39, 0.29) is 12.5 Å². The Labute approximate surface area is 180 Å². The predicted molar refractivity (Wildman–Crippen MR) is 118 cm³/mol. The van der Waals surface area contributed by atoms with Gasteiger partial charge in [-0.05, 0) is 42.8 Å². The summed E-state index contributed by atoms with van der Waals surface area (Å²) in [7, 11) is 0.